The van der Waals surface area contributed by atoms with Gasteiger partial charge in [-0.2, -0.15) is 20.2 Å². The van der Waals surface area contributed by atoms with E-state index in [2.05, 4.69) is 15.9 Å². The topological polar surface area (TPSA) is 54.4 Å². The Morgan fingerprint density at radius 3 is 2.44 bits per heavy atom. The molecule has 0 atom stereocenters. The molecule has 0 bridgehead atoms. The largest absolute Gasteiger partial charge is 0.295 e. The molecule has 2 aromatic carbocycles. The highest BCUT2D eigenvalue weighted by Crippen LogP contribution is 2.36. The van der Waals surface area contributed by atoms with Crippen LogP contribution in [0.2, 0.25) is 0 Å². The molecular formula is C12H9BrO3S2. The van der Waals surface area contributed by atoms with Crippen molar-refractivity contribution in [2.75, 3.05) is 0 Å². The second kappa shape index (κ2) is 4.23. The first-order valence-corrected chi connectivity index (χ1v) is 8.64. The molecule has 0 amide bonds. The van der Waals surface area contributed by atoms with Crippen molar-refractivity contribution < 1.29 is 13.0 Å². The summed E-state index contributed by atoms with van der Waals surface area (Å²) < 4.78 is 32.8. The molecule has 0 radical (unpaired) electrons. The molecule has 0 saturated heterocycles. The molecule has 1 N–H and O–H groups in total. The van der Waals surface area contributed by atoms with Crippen LogP contribution in [0.5, 0.6) is 0 Å². The maximum absolute atomic E-state index is 11.4. The Labute approximate surface area is 117 Å². The lowest BCUT2D eigenvalue weighted by Crippen LogP contribution is -2.00. The summed E-state index contributed by atoms with van der Waals surface area (Å²) in [4.78, 5) is -0.0356. The van der Waals surface area contributed by atoms with Gasteiger partial charge in [0.1, 0.15) is 4.90 Å². The zero-order valence-corrected chi connectivity index (χ0v) is 12.4. The summed E-state index contributed by atoms with van der Waals surface area (Å²) in [6.45, 7) is 0. The van der Waals surface area contributed by atoms with Crippen molar-refractivity contribution in [3.05, 3.63) is 39.9 Å². The summed E-state index contributed by atoms with van der Waals surface area (Å²) in [7, 11) is -4.21. The fraction of sp³-hybridized carbons (Fsp3) is 0.167. The van der Waals surface area contributed by atoms with Crippen molar-refractivity contribution >= 4 is 48.6 Å². The van der Waals surface area contributed by atoms with E-state index in [9.17, 15) is 13.0 Å². The van der Waals surface area contributed by atoms with Crippen LogP contribution in [0.15, 0.2) is 33.6 Å². The summed E-state index contributed by atoms with van der Waals surface area (Å²) in [6, 6.07) is 7.18. The smallest absolute Gasteiger partial charge is 0.282 e. The van der Waals surface area contributed by atoms with E-state index in [1.807, 2.05) is 30.0 Å². The molecule has 1 aliphatic rings. The van der Waals surface area contributed by atoms with Crippen molar-refractivity contribution in [1.29, 1.82) is 0 Å². The molecule has 0 aromatic heterocycles. The fourth-order valence-corrected chi connectivity index (χ4v) is 4.62. The number of hydrogen-bond acceptors (Lipinski definition) is 3. The van der Waals surface area contributed by atoms with Crippen molar-refractivity contribution in [3.8, 4) is 0 Å². The third-order valence-corrected chi connectivity index (χ3v) is 5.37. The molecule has 2 aromatic rings. The van der Waals surface area contributed by atoms with Crippen molar-refractivity contribution in [2.24, 2.45) is 0 Å². The van der Waals surface area contributed by atoms with E-state index >= 15 is 0 Å². The second-order valence-corrected chi connectivity index (χ2v) is 7.51. The highest BCUT2D eigenvalue weighted by atomic mass is 79.9. The molecule has 94 valence electrons. The first-order chi connectivity index (χ1) is 8.45. The lowest BCUT2D eigenvalue weighted by Gasteiger charge is -2.08. The van der Waals surface area contributed by atoms with Gasteiger partial charge in [-0.1, -0.05) is 15.9 Å². The normalized spacial score (nSPS) is 15.0. The minimum Gasteiger partial charge on any atom is -0.282 e. The standard InChI is InChI=1S/C12H9BrO3S2/c13-10-2-7-1-8-5-17-6-9(8)3-11(7)12(4-10)18(14,15)16/h1-4H,5-6H2,(H,14,15,16). The Kier molecular flexibility index (Phi) is 2.93. The molecule has 6 heteroatoms. The Morgan fingerprint density at radius 2 is 1.78 bits per heavy atom. The summed E-state index contributed by atoms with van der Waals surface area (Å²) in [5, 5.41) is 1.42. The number of benzene rings is 2. The van der Waals surface area contributed by atoms with Crippen LogP contribution in [0.1, 0.15) is 11.1 Å². The highest BCUT2D eigenvalue weighted by molar-refractivity contribution is 9.10. The predicted molar refractivity (Wildman–Crippen MR) is 76.5 cm³/mol. The van der Waals surface area contributed by atoms with Crippen LogP contribution in [-0.2, 0) is 21.6 Å². The first-order valence-electron chi connectivity index (χ1n) is 5.25. The Balaban J connectivity index is 2.43. The van der Waals surface area contributed by atoms with Gasteiger partial charge in [0.15, 0.2) is 0 Å². The molecule has 0 spiro atoms. The van der Waals surface area contributed by atoms with Crippen LogP contribution in [0.4, 0.5) is 0 Å². The maximum atomic E-state index is 11.4. The van der Waals surface area contributed by atoms with Crippen molar-refractivity contribution in [3.63, 3.8) is 0 Å². The zero-order chi connectivity index (χ0) is 12.9. The van der Waals surface area contributed by atoms with E-state index in [1.165, 1.54) is 11.6 Å². The quantitative estimate of drug-likeness (QED) is 0.803. The van der Waals surface area contributed by atoms with E-state index in [0.717, 1.165) is 22.5 Å². The number of rotatable bonds is 1. The Morgan fingerprint density at radius 1 is 1.11 bits per heavy atom. The summed E-state index contributed by atoms with van der Waals surface area (Å²) in [5.41, 5.74) is 2.40. The summed E-state index contributed by atoms with van der Waals surface area (Å²) in [5.74, 6) is 1.85. The molecular weight excluding hydrogens is 336 g/mol. The van der Waals surface area contributed by atoms with Crippen molar-refractivity contribution in [2.45, 2.75) is 16.4 Å². The van der Waals surface area contributed by atoms with E-state index in [0.29, 0.717) is 9.86 Å². The van der Waals surface area contributed by atoms with Crippen LogP contribution in [0.3, 0.4) is 0 Å². The molecule has 0 fully saturated rings. The third kappa shape index (κ3) is 2.07. The zero-order valence-electron chi connectivity index (χ0n) is 9.18. The molecule has 0 saturated carbocycles. The van der Waals surface area contributed by atoms with E-state index in [1.54, 1.807) is 0 Å². The van der Waals surface area contributed by atoms with Crippen LogP contribution in [0.25, 0.3) is 10.8 Å². The molecule has 0 aliphatic carbocycles. The fourth-order valence-electron chi connectivity index (χ4n) is 2.19. The molecule has 18 heavy (non-hydrogen) atoms. The maximum Gasteiger partial charge on any atom is 0.295 e. The van der Waals surface area contributed by atoms with E-state index in [4.69, 9.17) is 0 Å². The average Bonchev–Trinajstić information content (AvgIpc) is 2.70. The van der Waals surface area contributed by atoms with Gasteiger partial charge in [-0.25, -0.2) is 0 Å². The van der Waals surface area contributed by atoms with Crippen molar-refractivity contribution in [1.82, 2.24) is 0 Å². The van der Waals surface area contributed by atoms with Crippen LogP contribution in [-0.4, -0.2) is 13.0 Å². The van der Waals surface area contributed by atoms with Crippen LogP contribution < -0.4 is 0 Å². The van der Waals surface area contributed by atoms with Gasteiger partial charge in [0, 0.05) is 21.4 Å². The number of halogens is 1. The minimum absolute atomic E-state index is 0.0356. The molecule has 1 heterocycles. The van der Waals surface area contributed by atoms with Crippen LogP contribution >= 0.6 is 27.7 Å². The SMILES string of the molecule is O=S(=O)(O)c1cc(Br)cc2cc3c(cc12)CSC3. The van der Waals surface area contributed by atoms with Gasteiger partial charge in [-0.05, 0) is 40.8 Å². The molecule has 3 nitrogen and oxygen atoms in total. The second-order valence-electron chi connectivity index (χ2n) is 4.21. The van der Waals surface area contributed by atoms with E-state index < -0.39 is 10.1 Å². The number of hydrogen-bond donors (Lipinski definition) is 1. The van der Waals surface area contributed by atoms with Gasteiger partial charge in [0.25, 0.3) is 10.1 Å². The van der Waals surface area contributed by atoms with Gasteiger partial charge < -0.3 is 0 Å². The van der Waals surface area contributed by atoms with Gasteiger partial charge in [-0.3, -0.25) is 4.55 Å². The lowest BCUT2D eigenvalue weighted by molar-refractivity contribution is 0.484. The minimum atomic E-state index is -4.21. The van der Waals surface area contributed by atoms with E-state index in [-0.39, 0.29) is 4.90 Å². The summed E-state index contributed by atoms with van der Waals surface area (Å²) >= 11 is 5.08. The average molecular weight is 345 g/mol. The van der Waals surface area contributed by atoms with Crippen LogP contribution in [0, 0.1) is 0 Å². The first kappa shape index (κ1) is 12.5. The molecule has 0 unspecified atom stereocenters. The lowest BCUT2D eigenvalue weighted by atomic mass is 10.0. The van der Waals surface area contributed by atoms with Gasteiger partial charge in [-0.15, -0.1) is 0 Å². The Bertz CT molecular complexity index is 753. The predicted octanol–water partition coefficient (Wildman–Crippen LogP) is 3.60. The van der Waals surface area contributed by atoms with Gasteiger partial charge in [0.2, 0.25) is 0 Å². The molecule has 1 aliphatic heterocycles. The molecule has 3 rings (SSSR count). The Hall–Kier alpha value is -0.560. The monoisotopic (exact) mass is 344 g/mol. The number of thioether (sulfide) groups is 1. The highest BCUT2D eigenvalue weighted by Gasteiger charge is 2.19. The van der Waals surface area contributed by atoms with Gasteiger partial charge >= 0.3 is 0 Å². The third-order valence-electron chi connectivity index (χ3n) is 2.99. The number of fused-ring (bicyclic) bond motifs is 2. The summed E-state index contributed by atoms with van der Waals surface area (Å²) in [6.07, 6.45) is 0. The van der Waals surface area contributed by atoms with Gasteiger partial charge in [0.05, 0.1) is 0 Å².